The Morgan fingerprint density at radius 1 is 1.19 bits per heavy atom. The van der Waals surface area contributed by atoms with E-state index in [1.165, 1.54) is 31.4 Å². The van der Waals surface area contributed by atoms with Crippen molar-refractivity contribution >= 4 is 11.8 Å². The number of ether oxygens (including phenoxy) is 2. The predicted molar refractivity (Wildman–Crippen MR) is 105 cm³/mol. The molecule has 1 fully saturated rings. The normalized spacial score (nSPS) is 16.5. The topological polar surface area (TPSA) is 80.8 Å². The Labute approximate surface area is 177 Å². The quantitative estimate of drug-likeness (QED) is 0.752. The number of aromatic nitrogens is 1. The monoisotopic (exact) mass is 437 g/mol. The zero-order valence-electron chi connectivity index (χ0n) is 16.8. The fourth-order valence-corrected chi connectivity index (χ4v) is 3.17. The van der Waals surface area contributed by atoms with E-state index in [1.807, 2.05) is 0 Å². The van der Waals surface area contributed by atoms with Gasteiger partial charge in [0.1, 0.15) is 23.3 Å². The van der Waals surface area contributed by atoms with Gasteiger partial charge in [-0.1, -0.05) is 0 Å². The molecule has 7 nitrogen and oxygen atoms in total. The van der Waals surface area contributed by atoms with E-state index in [2.05, 4.69) is 10.3 Å². The number of benzene rings is 1. The predicted octanol–water partition coefficient (Wildman–Crippen LogP) is 2.91. The molecular formula is C21H22F3N3O4. The average Bonchev–Trinajstić information content (AvgIpc) is 2.77. The van der Waals surface area contributed by atoms with E-state index in [0.29, 0.717) is 18.8 Å². The number of piperidine rings is 1. The van der Waals surface area contributed by atoms with Crippen molar-refractivity contribution in [1.29, 1.82) is 0 Å². The van der Waals surface area contributed by atoms with Crippen LogP contribution in [-0.2, 0) is 11.0 Å². The van der Waals surface area contributed by atoms with Crippen LogP contribution >= 0.6 is 0 Å². The van der Waals surface area contributed by atoms with Crippen LogP contribution in [0.1, 0.15) is 28.9 Å². The molecule has 31 heavy (non-hydrogen) atoms. The molecule has 0 saturated carbocycles. The van der Waals surface area contributed by atoms with E-state index in [1.54, 1.807) is 11.0 Å². The van der Waals surface area contributed by atoms with Gasteiger partial charge < -0.3 is 19.7 Å². The van der Waals surface area contributed by atoms with Gasteiger partial charge >= 0.3 is 6.18 Å². The van der Waals surface area contributed by atoms with Crippen molar-refractivity contribution in [3.05, 3.63) is 53.9 Å². The van der Waals surface area contributed by atoms with Crippen LogP contribution in [0.15, 0.2) is 42.6 Å². The standard InChI is InChI=1S/C21H22F3N3O4/c1-25-20(29)18-11-16(8-9-26-18)31-17-3-2-10-27(12-17)19(28)13-30-15-6-4-14(5-7-15)21(22,23)24/h4-9,11,17H,2-3,10,12-13H2,1H3,(H,25,29). The molecule has 2 heterocycles. The molecule has 0 spiro atoms. The van der Waals surface area contributed by atoms with Gasteiger partial charge in [-0.3, -0.25) is 14.6 Å². The first-order valence-corrected chi connectivity index (χ1v) is 9.69. The SMILES string of the molecule is CNC(=O)c1cc(OC2CCCN(C(=O)COc3ccc(C(F)(F)F)cc3)C2)ccn1. The van der Waals surface area contributed by atoms with Gasteiger partial charge in [0.2, 0.25) is 0 Å². The van der Waals surface area contributed by atoms with Crippen LogP contribution in [-0.4, -0.2) is 54.5 Å². The molecule has 0 radical (unpaired) electrons. The lowest BCUT2D eigenvalue weighted by Gasteiger charge is -2.32. The molecule has 1 atom stereocenters. The van der Waals surface area contributed by atoms with E-state index >= 15 is 0 Å². The first-order valence-electron chi connectivity index (χ1n) is 9.69. The van der Waals surface area contributed by atoms with Crippen molar-refractivity contribution < 1.29 is 32.2 Å². The smallest absolute Gasteiger partial charge is 0.416 e. The summed E-state index contributed by atoms with van der Waals surface area (Å²) in [6.45, 7) is 0.593. The van der Waals surface area contributed by atoms with Crippen molar-refractivity contribution in [3.63, 3.8) is 0 Å². The second-order valence-corrected chi connectivity index (χ2v) is 6.99. The first kappa shape index (κ1) is 22.4. The minimum absolute atomic E-state index is 0.185. The second-order valence-electron chi connectivity index (χ2n) is 6.99. The van der Waals surface area contributed by atoms with Crippen LogP contribution in [0.25, 0.3) is 0 Å². The molecule has 2 amide bonds. The number of hydrogen-bond donors (Lipinski definition) is 1. The molecule has 1 N–H and O–H groups in total. The molecule has 1 aromatic carbocycles. The summed E-state index contributed by atoms with van der Waals surface area (Å²) in [6, 6.07) is 7.37. The number of hydrogen-bond acceptors (Lipinski definition) is 5. The van der Waals surface area contributed by atoms with Gasteiger partial charge in [0.05, 0.1) is 12.1 Å². The molecule has 1 saturated heterocycles. The van der Waals surface area contributed by atoms with Gasteiger partial charge in [-0.15, -0.1) is 0 Å². The Balaban J connectivity index is 1.53. The number of halogens is 3. The van der Waals surface area contributed by atoms with Gasteiger partial charge in [-0.25, -0.2) is 0 Å². The Bertz CT molecular complexity index is 919. The van der Waals surface area contributed by atoms with E-state index in [0.717, 1.165) is 25.0 Å². The number of carbonyl (C=O) groups excluding carboxylic acids is 2. The summed E-state index contributed by atoms with van der Waals surface area (Å²) in [5, 5.41) is 2.49. The molecule has 2 aromatic rings. The van der Waals surface area contributed by atoms with E-state index in [4.69, 9.17) is 9.47 Å². The third-order valence-electron chi connectivity index (χ3n) is 4.77. The van der Waals surface area contributed by atoms with Crippen molar-refractivity contribution in [1.82, 2.24) is 15.2 Å². The van der Waals surface area contributed by atoms with Crippen molar-refractivity contribution in [3.8, 4) is 11.5 Å². The van der Waals surface area contributed by atoms with E-state index < -0.39 is 11.7 Å². The fourth-order valence-electron chi connectivity index (χ4n) is 3.17. The van der Waals surface area contributed by atoms with E-state index in [-0.39, 0.29) is 36.0 Å². The van der Waals surface area contributed by atoms with Gasteiger partial charge in [0.15, 0.2) is 6.61 Å². The largest absolute Gasteiger partial charge is 0.488 e. The number of nitrogens with zero attached hydrogens (tertiary/aromatic N) is 2. The zero-order valence-corrected chi connectivity index (χ0v) is 16.8. The maximum absolute atomic E-state index is 12.6. The molecule has 3 rings (SSSR count). The molecule has 1 aliphatic rings. The lowest BCUT2D eigenvalue weighted by molar-refractivity contribution is -0.138. The Morgan fingerprint density at radius 3 is 2.61 bits per heavy atom. The highest BCUT2D eigenvalue weighted by Gasteiger charge is 2.30. The Morgan fingerprint density at radius 2 is 1.94 bits per heavy atom. The summed E-state index contributed by atoms with van der Waals surface area (Å²) in [5.41, 5.74) is -0.549. The zero-order chi connectivity index (χ0) is 22.4. The lowest BCUT2D eigenvalue weighted by atomic mass is 10.1. The van der Waals surface area contributed by atoms with Crippen LogP contribution in [0.4, 0.5) is 13.2 Å². The molecule has 1 unspecified atom stereocenters. The minimum atomic E-state index is -4.42. The second kappa shape index (κ2) is 9.67. The van der Waals surface area contributed by atoms with Crippen LogP contribution in [0.2, 0.25) is 0 Å². The number of carbonyl (C=O) groups is 2. The number of pyridine rings is 1. The summed E-state index contributed by atoms with van der Waals surface area (Å²) in [6.07, 6.45) is -1.74. The molecule has 10 heteroatoms. The molecule has 0 bridgehead atoms. The highest BCUT2D eigenvalue weighted by molar-refractivity contribution is 5.92. The van der Waals surface area contributed by atoms with E-state index in [9.17, 15) is 22.8 Å². The first-order chi connectivity index (χ1) is 14.8. The number of rotatable bonds is 6. The summed E-state index contributed by atoms with van der Waals surface area (Å²) < 4.78 is 49.1. The molecule has 1 aromatic heterocycles. The summed E-state index contributed by atoms with van der Waals surface area (Å²) in [5.74, 6) is 0.0545. The van der Waals surface area contributed by atoms with Crippen LogP contribution in [0.3, 0.4) is 0 Å². The van der Waals surface area contributed by atoms with Gasteiger partial charge in [0.25, 0.3) is 11.8 Å². The van der Waals surface area contributed by atoms with Gasteiger partial charge in [-0.05, 0) is 43.2 Å². The molecule has 1 aliphatic heterocycles. The highest BCUT2D eigenvalue weighted by atomic mass is 19.4. The minimum Gasteiger partial charge on any atom is -0.488 e. The maximum atomic E-state index is 12.6. The third-order valence-corrected chi connectivity index (χ3v) is 4.77. The average molecular weight is 437 g/mol. The number of alkyl halides is 3. The van der Waals surface area contributed by atoms with Crippen molar-refractivity contribution in [2.24, 2.45) is 0 Å². The molecular weight excluding hydrogens is 415 g/mol. The fraction of sp³-hybridized carbons (Fsp3) is 0.381. The van der Waals surface area contributed by atoms with Crippen LogP contribution in [0, 0.1) is 0 Å². The number of nitrogens with one attached hydrogen (secondary N) is 1. The van der Waals surface area contributed by atoms with Crippen molar-refractivity contribution in [2.75, 3.05) is 26.7 Å². The highest BCUT2D eigenvalue weighted by Crippen LogP contribution is 2.30. The Kier molecular flexibility index (Phi) is 6.98. The van der Waals surface area contributed by atoms with Crippen LogP contribution < -0.4 is 14.8 Å². The number of amides is 2. The lowest BCUT2D eigenvalue weighted by Crippen LogP contribution is -2.46. The summed E-state index contributed by atoms with van der Waals surface area (Å²) in [4.78, 5) is 29.8. The third kappa shape index (κ3) is 6.09. The van der Waals surface area contributed by atoms with Gasteiger partial charge in [-0.2, -0.15) is 13.2 Å². The summed E-state index contributed by atoms with van der Waals surface area (Å²) in [7, 11) is 1.51. The van der Waals surface area contributed by atoms with Crippen molar-refractivity contribution in [2.45, 2.75) is 25.1 Å². The molecule has 166 valence electrons. The maximum Gasteiger partial charge on any atom is 0.416 e. The van der Waals surface area contributed by atoms with Crippen LogP contribution in [0.5, 0.6) is 11.5 Å². The van der Waals surface area contributed by atoms with Gasteiger partial charge in [0, 0.05) is 25.9 Å². The Hall–Kier alpha value is -3.30. The number of likely N-dealkylation sites (tertiary alicyclic amines) is 1. The molecule has 0 aliphatic carbocycles. The summed E-state index contributed by atoms with van der Waals surface area (Å²) >= 11 is 0.